The van der Waals surface area contributed by atoms with Gasteiger partial charge in [0.05, 0.1) is 6.10 Å². The molecule has 1 saturated heterocycles. The average Bonchev–Trinajstić information content (AvgIpc) is 2.82. The van der Waals surface area contributed by atoms with Gasteiger partial charge in [-0.25, -0.2) is 0 Å². The van der Waals surface area contributed by atoms with E-state index in [1.54, 1.807) is 0 Å². The number of aryl methyl sites for hydroxylation is 1. The Labute approximate surface area is 116 Å². The van der Waals surface area contributed by atoms with Gasteiger partial charge in [-0.1, -0.05) is 29.8 Å². The third kappa shape index (κ3) is 3.56. The molecule has 3 heteroatoms. The number of ether oxygens (including phenoxy) is 1. The summed E-state index contributed by atoms with van der Waals surface area (Å²) in [5, 5.41) is 3.43. The van der Waals surface area contributed by atoms with Crippen molar-refractivity contribution in [3.8, 4) is 0 Å². The lowest BCUT2D eigenvalue weighted by Crippen LogP contribution is -2.41. The van der Waals surface area contributed by atoms with Crippen molar-refractivity contribution < 1.29 is 4.74 Å². The molecule has 19 heavy (non-hydrogen) atoms. The highest BCUT2D eigenvalue weighted by molar-refractivity contribution is 5.25. The predicted octanol–water partition coefficient (Wildman–Crippen LogP) is 2.36. The van der Waals surface area contributed by atoms with Gasteiger partial charge in [0.25, 0.3) is 0 Å². The molecule has 3 unspecified atom stereocenters. The summed E-state index contributed by atoms with van der Waals surface area (Å²) in [5.41, 5.74) is 2.68. The van der Waals surface area contributed by atoms with Crippen LogP contribution in [0.15, 0.2) is 24.3 Å². The van der Waals surface area contributed by atoms with Crippen molar-refractivity contribution in [2.75, 3.05) is 27.2 Å². The van der Waals surface area contributed by atoms with E-state index in [0.717, 1.165) is 19.6 Å². The highest BCUT2D eigenvalue weighted by Gasteiger charge is 2.29. The topological polar surface area (TPSA) is 24.5 Å². The molecule has 1 aromatic rings. The molecule has 0 aromatic heterocycles. The molecule has 0 bridgehead atoms. The van der Waals surface area contributed by atoms with Crippen molar-refractivity contribution >= 4 is 0 Å². The lowest BCUT2D eigenvalue weighted by Gasteiger charge is -2.30. The van der Waals surface area contributed by atoms with E-state index in [-0.39, 0.29) is 0 Å². The van der Waals surface area contributed by atoms with Gasteiger partial charge in [0.15, 0.2) is 0 Å². The molecular formula is C16H26N2O. The third-order valence-electron chi connectivity index (χ3n) is 4.17. The molecule has 106 valence electrons. The summed E-state index contributed by atoms with van der Waals surface area (Å²) in [6.07, 6.45) is 1.49. The fourth-order valence-electron chi connectivity index (χ4n) is 2.97. The molecule has 0 saturated carbocycles. The van der Waals surface area contributed by atoms with E-state index in [9.17, 15) is 0 Å². The van der Waals surface area contributed by atoms with Crippen molar-refractivity contribution in [1.29, 1.82) is 0 Å². The van der Waals surface area contributed by atoms with Gasteiger partial charge in [-0.15, -0.1) is 0 Å². The Hall–Kier alpha value is -0.900. The number of nitrogens with zero attached hydrogens (tertiary/aromatic N) is 1. The molecule has 3 nitrogen and oxygen atoms in total. The maximum absolute atomic E-state index is 5.66. The van der Waals surface area contributed by atoms with Crippen LogP contribution in [0.5, 0.6) is 0 Å². The van der Waals surface area contributed by atoms with E-state index in [4.69, 9.17) is 4.74 Å². The summed E-state index contributed by atoms with van der Waals surface area (Å²) >= 11 is 0. The van der Waals surface area contributed by atoms with E-state index >= 15 is 0 Å². The van der Waals surface area contributed by atoms with Crippen LogP contribution in [0.4, 0.5) is 0 Å². The highest BCUT2D eigenvalue weighted by Crippen LogP contribution is 2.22. The first-order valence-electron chi connectivity index (χ1n) is 7.17. The van der Waals surface area contributed by atoms with E-state index in [1.165, 1.54) is 11.1 Å². The van der Waals surface area contributed by atoms with E-state index in [1.807, 2.05) is 7.05 Å². The summed E-state index contributed by atoms with van der Waals surface area (Å²) in [5.74, 6) is 0. The van der Waals surface area contributed by atoms with Crippen LogP contribution in [-0.4, -0.2) is 44.3 Å². The van der Waals surface area contributed by atoms with Crippen LogP contribution in [0.2, 0.25) is 0 Å². The number of rotatable bonds is 5. The number of likely N-dealkylation sites (N-methyl/N-ethyl adjacent to an activating group) is 2. The second-order valence-corrected chi connectivity index (χ2v) is 5.63. The molecular weight excluding hydrogens is 236 g/mol. The molecule has 0 radical (unpaired) electrons. The number of hydrogen-bond donors (Lipinski definition) is 1. The molecule has 0 aliphatic carbocycles. The largest absolute Gasteiger partial charge is 0.377 e. The van der Waals surface area contributed by atoms with Crippen LogP contribution in [0.25, 0.3) is 0 Å². The van der Waals surface area contributed by atoms with Gasteiger partial charge in [-0.2, -0.15) is 0 Å². The Morgan fingerprint density at radius 1 is 1.47 bits per heavy atom. The second kappa shape index (κ2) is 6.51. The molecule has 0 amide bonds. The zero-order valence-corrected chi connectivity index (χ0v) is 12.5. The normalized spacial score (nSPS) is 24.9. The smallest absolute Gasteiger partial charge is 0.0702 e. The molecule has 1 fully saturated rings. The van der Waals surface area contributed by atoms with Crippen LogP contribution in [-0.2, 0) is 4.74 Å². The molecule has 2 rings (SSSR count). The monoisotopic (exact) mass is 262 g/mol. The first-order chi connectivity index (χ1) is 9.11. The van der Waals surface area contributed by atoms with E-state index in [2.05, 4.69) is 55.4 Å². The van der Waals surface area contributed by atoms with Crippen molar-refractivity contribution in [1.82, 2.24) is 10.2 Å². The zero-order valence-electron chi connectivity index (χ0n) is 12.5. The lowest BCUT2D eigenvalue weighted by atomic mass is 10.0. The molecule has 0 spiro atoms. The van der Waals surface area contributed by atoms with Crippen LogP contribution in [0, 0.1) is 6.92 Å². The first kappa shape index (κ1) is 14.5. The van der Waals surface area contributed by atoms with Crippen molar-refractivity contribution in [3.63, 3.8) is 0 Å². The lowest BCUT2D eigenvalue weighted by molar-refractivity contribution is 0.0806. The number of hydrogen-bond acceptors (Lipinski definition) is 3. The van der Waals surface area contributed by atoms with Gasteiger partial charge in [0.2, 0.25) is 0 Å². The second-order valence-electron chi connectivity index (χ2n) is 5.63. The average molecular weight is 262 g/mol. The maximum atomic E-state index is 5.66. The van der Waals surface area contributed by atoms with Crippen LogP contribution < -0.4 is 5.32 Å². The molecule has 1 heterocycles. The van der Waals surface area contributed by atoms with Gasteiger partial charge in [0, 0.05) is 25.2 Å². The quantitative estimate of drug-likeness (QED) is 0.881. The van der Waals surface area contributed by atoms with Crippen LogP contribution >= 0.6 is 0 Å². The Balaban J connectivity index is 2.02. The zero-order chi connectivity index (χ0) is 13.8. The summed E-state index contributed by atoms with van der Waals surface area (Å²) in [4.78, 5) is 2.43. The molecule has 1 aliphatic rings. The Morgan fingerprint density at radius 3 is 2.84 bits per heavy atom. The summed E-state index contributed by atoms with van der Waals surface area (Å²) in [6, 6.07) is 9.67. The van der Waals surface area contributed by atoms with E-state index < -0.39 is 0 Å². The summed E-state index contributed by atoms with van der Waals surface area (Å²) in [6.45, 7) is 6.23. The van der Waals surface area contributed by atoms with Crippen molar-refractivity contribution in [3.05, 3.63) is 35.4 Å². The Morgan fingerprint density at radius 2 is 2.26 bits per heavy atom. The van der Waals surface area contributed by atoms with Crippen molar-refractivity contribution in [2.24, 2.45) is 0 Å². The minimum Gasteiger partial charge on any atom is -0.377 e. The van der Waals surface area contributed by atoms with Crippen molar-refractivity contribution in [2.45, 2.75) is 38.5 Å². The van der Waals surface area contributed by atoms with Gasteiger partial charge in [0.1, 0.15) is 0 Å². The van der Waals surface area contributed by atoms with E-state index in [0.29, 0.717) is 18.2 Å². The fraction of sp³-hybridized carbons (Fsp3) is 0.625. The highest BCUT2D eigenvalue weighted by atomic mass is 16.5. The predicted molar refractivity (Wildman–Crippen MR) is 79.4 cm³/mol. The van der Waals surface area contributed by atoms with Crippen LogP contribution in [0.1, 0.15) is 30.5 Å². The minimum atomic E-state index is 0.347. The minimum absolute atomic E-state index is 0.347. The molecule has 3 atom stereocenters. The SMILES string of the molecule is CNC(CN(C)C1CCOC1C)c1cccc(C)c1. The van der Waals surface area contributed by atoms with Gasteiger partial charge in [-0.3, -0.25) is 4.90 Å². The number of nitrogens with one attached hydrogen (secondary N) is 1. The first-order valence-corrected chi connectivity index (χ1v) is 7.17. The fourth-order valence-corrected chi connectivity index (χ4v) is 2.97. The molecule has 1 N–H and O–H groups in total. The number of benzene rings is 1. The van der Waals surface area contributed by atoms with Gasteiger partial charge in [-0.05, 0) is 39.9 Å². The molecule has 1 aliphatic heterocycles. The Kier molecular flexibility index (Phi) is 4.97. The van der Waals surface area contributed by atoms with Crippen LogP contribution in [0.3, 0.4) is 0 Å². The third-order valence-corrected chi connectivity index (χ3v) is 4.17. The standard InChI is InChI=1S/C16H26N2O/c1-12-6-5-7-14(10-12)15(17-3)11-18(4)16-8-9-19-13(16)2/h5-7,10,13,15-17H,8-9,11H2,1-4H3. The maximum Gasteiger partial charge on any atom is 0.0702 e. The Bertz CT molecular complexity index is 407. The summed E-state index contributed by atoms with van der Waals surface area (Å²) in [7, 11) is 4.24. The summed E-state index contributed by atoms with van der Waals surface area (Å²) < 4.78 is 5.66. The molecule has 1 aromatic carbocycles. The van der Waals surface area contributed by atoms with Gasteiger partial charge < -0.3 is 10.1 Å². The van der Waals surface area contributed by atoms with Gasteiger partial charge >= 0.3 is 0 Å².